The largest absolute Gasteiger partial charge is 0.466 e. The highest BCUT2D eigenvalue weighted by Gasteiger charge is 2.39. The molecule has 0 saturated carbocycles. The van der Waals surface area contributed by atoms with E-state index in [4.69, 9.17) is 15.2 Å². The number of amides is 1. The Kier molecular flexibility index (Phi) is 13.9. The molecule has 1 aromatic heterocycles. The number of thiophene rings is 1. The summed E-state index contributed by atoms with van der Waals surface area (Å²) >= 11 is 1.54. The third kappa shape index (κ3) is 11.7. The van der Waals surface area contributed by atoms with Crippen molar-refractivity contribution in [3.8, 4) is 0 Å². The molecule has 1 aromatic rings. The minimum Gasteiger partial charge on any atom is -0.466 e. The molecular weight excluding hydrogens is 426 g/mol. The highest BCUT2D eigenvalue weighted by atomic mass is 32.1. The molecule has 0 aliphatic rings. The Morgan fingerprint density at radius 1 is 0.906 bits per heavy atom. The van der Waals surface area contributed by atoms with E-state index in [1.165, 1.54) is 87.8 Å². The van der Waals surface area contributed by atoms with Crippen molar-refractivity contribution in [1.82, 2.24) is 0 Å². The predicted octanol–water partition coefficient (Wildman–Crippen LogP) is 5.80. The summed E-state index contributed by atoms with van der Waals surface area (Å²) in [6, 6.07) is 3.93. The van der Waals surface area contributed by atoms with Crippen LogP contribution in [0.5, 0.6) is 0 Å². The van der Waals surface area contributed by atoms with Gasteiger partial charge < -0.3 is 15.2 Å². The van der Waals surface area contributed by atoms with Crippen molar-refractivity contribution >= 4 is 29.2 Å². The van der Waals surface area contributed by atoms with Gasteiger partial charge >= 0.3 is 11.9 Å². The average Bonchev–Trinajstić information content (AvgIpc) is 3.17. The number of aryl methyl sites for hydroxylation is 1. The van der Waals surface area contributed by atoms with Gasteiger partial charge in [0.2, 0.25) is 5.91 Å². The number of unbranched alkanes of at least 4 members (excludes halogenated alkanes) is 9. The van der Waals surface area contributed by atoms with E-state index >= 15 is 0 Å². The quantitative estimate of drug-likeness (QED) is 0.217. The Bertz CT molecular complexity index is 684. The van der Waals surface area contributed by atoms with Crippen molar-refractivity contribution < 1.29 is 23.9 Å². The molecule has 7 heteroatoms. The van der Waals surface area contributed by atoms with Crippen LogP contribution in [0.1, 0.15) is 108 Å². The zero-order valence-electron chi connectivity index (χ0n) is 20.1. The van der Waals surface area contributed by atoms with Gasteiger partial charge in [-0.2, -0.15) is 0 Å². The van der Waals surface area contributed by atoms with Gasteiger partial charge in [0.05, 0.1) is 13.0 Å². The molecule has 0 saturated heterocycles. The van der Waals surface area contributed by atoms with Gasteiger partial charge in [-0.3, -0.25) is 14.4 Å². The molecule has 1 heterocycles. The number of hydrogen-bond acceptors (Lipinski definition) is 6. The first-order valence-electron chi connectivity index (χ1n) is 12.0. The normalized spacial score (nSPS) is 12.8. The van der Waals surface area contributed by atoms with Crippen LogP contribution in [0.4, 0.5) is 0 Å². The van der Waals surface area contributed by atoms with Crippen LogP contribution in [-0.4, -0.2) is 24.5 Å². The fourth-order valence-corrected chi connectivity index (χ4v) is 5.10. The summed E-state index contributed by atoms with van der Waals surface area (Å²) in [5.41, 5.74) is 4.27. The smallest absolute Gasteiger partial charge is 0.303 e. The molecule has 2 N–H and O–H groups in total. The summed E-state index contributed by atoms with van der Waals surface area (Å²) < 4.78 is 10.7. The second kappa shape index (κ2) is 15.8. The second-order valence-electron chi connectivity index (χ2n) is 8.52. The maximum absolute atomic E-state index is 11.8. The standard InChI is InChI=1S/C25H41NO5S/c1-4-5-6-7-8-9-10-11-12-13-14-22-15-16-23(32-22)25(19-24(26)29,31-21(3)28)17-18-30-20(2)27/h15-16H,4-14,17-19H2,1-3H3,(H2,26,29). The van der Waals surface area contributed by atoms with Crippen molar-refractivity contribution in [3.05, 3.63) is 21.9 Å². The number of primary amides is 1. The lowest BCUT2D eigenvalue weighted by atomic mass is 9.93. The van der Waals surface area contributed by atoms with Gasteiger partial charge in [0.1, 0.15) is 0 Å². The van der Waals surface area contributed by atoms with Gasteiger partial charge in [0, 0.05) is 30.0 Å². The second-order valence-corrected chi connectivity index (χ2v) is 9.69. The zero-order valence-corrected chi connectivity index (χ0v) is 20.9. The van der Waals surface area contributed by atoms with Crippen LogP contribution in [0, 0.1) is 0 Å². The summed E-state index contributed by atoms with van der Waals surface area (Å²) in [5.74, 6) is -1.49. The van der Waals surface area contributed by atoms with Gasteiger partial charge in [-0.1, -0.05) is 64.7 Å². The van der Waals surface area contributed by atoms with Crippen LogP contribution >= 0.6 is 11.3 Å². The predicted molar refractivity (Wildman–Crippen MR) is 128 cm³/mol. The number of carbonyl (C=O) groups excluding carboxylic acids is 3. The Hall–Kier alpha value is -1.89. The molecule has 0 fully saturated rings. The first-order valence-corrected chi connectivity index (χ1v) is 12.8. The molecule has 32 heavy (non-hydrogen) atoms. The number of rotatable bonds is 18. The summed E-state index contributed by atoms with van der Waals surface area (Å²) in [6.45, 7) is 4.91. The highest BCUT2D eigenvalue weighted by molar-refractivity contribution is 7.12. The van der Waals surface area contributed by atoms with Gasteiger partial charge in [-0.05, 0) is 25.0 Å². The number of nitrogens with two attached hydrogens (primary N) is 1. The Labute approximate surface area is 197 Å². The van der Waals surface area contributed by atoms with Gasteiger partial charge in [0.15, 0.2) is 5.60 Å². The third-order valence-electron chi connectivity index (χ3n) is 5.50. The Morgan fingerprint density at radius 3 is 2.03 bits per heavy atom. The maximum Gasteiger partial charge on any atom is 0.303 e. The lowest BCUT2D eigenvalue weighted by Gasteiger charge is -2.31. The van der Waals surface area contributed by atoms with E-state index in [2.05, 4.69) is 6.92 Å². The maximum atomic E-state index is 11.8. The van der Waals surface area contributed by atoms with Crippen LogP contribution in [0.25, 0.3) is 0 Å². The van der Waals surface area contributed by atoms with E-state index in [-0.39, 0.29) is 19.4 Å². The zero-order chi connectivity index (χ0) is 23.8. The number of ether oxygens (including phenoxy) is 2. The van der Waals surface area contributed by atoms with E-state index in [0.29, 0.717) is 0 Å². The molecule has 6 nitrogen and oxygen atoms in total. The van der Waals surface area contributed by atoms with Crippen molar-refractivity contribution in [1.29, 1.82) is 0 Å². The summed E-state index contributed by atoms with van der Waals surface area (Å²) in [4.78, 5) is 36.7. The molecule has 182 valence electrons. The number of esters is 2. The molecular formula is C25H41NO5S. The van der Waals surface area contributed by atoms with E-state index in [1.54, 1.807) is 0 Å². The topological polar surface area (TPSA) is 95.7 Å². The van der Waals surface area contributed by atoms with E-state index in [9.17, 15) is 14.4 Å². The summed E-state index contributed by atoms with van der Waals surface area (Å²) in [5, 5.41) is 0. The minimum atomic E-state index is -1.20. The summed E-state index contributed by atoms with van der Waals surface area (Å²) in [6.07, 6.45) is 13.9. The van der Waals surface area contributed by atoms with Crippen LogP contribution < -0.4 is 5.73 Å². The SMILES string of the molecule is CCCCCCCCCCCCc1ccc(C(CCOC(C)=O)(CC(N)=O)OC(C)=O)s1. The molecule has 1 unspecified atom stereocenters. The molecule has 1 amide bonds. The fraction of sp³-hybridized carbons (Fsp3) is 0.720. The first kappa shape index (κ1) is 28.1. The Balaban J connectivity index is 2.60. The third-order valence-corrected chi connectivity index (χ3v) is 6.83. The number of hydrogen-bond donors (Lipinski definition) is 1. The van der Waals surface area contributed by atoms with Crippen LogP contribution in [-0.2, 0) is 35.9 Å². The fourth-order valence-electron chi connectivity index (χ4n) is 3.90. The Morgan fingerprint density at radius 2 is 1.50 bits per heavy atom. The van der Waals surface area contributed by atoms with Gasteiger partial charge in [0.25, 0.3) is 0 Å². The lowest BCUT2D eigenvalue weighted by Crippen LogP contribution is -2.37. The van der Waals surface area contributed by atoms with Crippen LogP contribution in [0.3, 0.4) is 0 Å². The average molecular weight is 468 g/mol. The van der Waals surface area contributed by atoms with E-state index < -0.39 is 23.4 Å². The van der Waals surface area contributed by atoms with Crippen molar-refractivity contribution in [2.45, 2.75) is 110 Å². The molecule has 1 rings (SSSR count). The highest BCUT2D eigenvalue weighted by Crippen LogP contribution is 2.38. The van der Waals surface area contributed by atoms with Crippen molar-refractivity contribution in [2.24, 2.45) is 5.73 Å². The minimum absolute atomic E-state index is 0.0432. The monoisotopic (exact) mass is 467 g/mol. The van der Waals surface area contributed by atoms with Crippen LogP contribution in [0.2, 0.25) is 0 Å². The molecule has 0 bridgehead atoms. The van der Waals surface area contributed by atoms with Crippen molar-refractivity contribution in [3.63, 3.8) is 0 Å². The first-order chi connectivity index (χ1) is 15.3. The molecule has 0 spiro atoms. The molecule has 0 aliphatic carbocycles. The van der Waals surface area contributed by atoms with E-state index in [0.717, 1.165) is 17.7 Å². The van der Waals surface area contributed by atoms with Crippen LogP contribution in [0.15, 0.2) is 12.1 Å². The summed E-state index contributed by atoms with van der Waals surface area (Å²) in [7, 11) is 0. The van der Waals surface area contributed by atoms with Crippen molar-refractivity contribution in [2.75, 3.05) is 6.61 Å². The molecule has 0 aromatic carbocycles. The van der Waals surface area contributed by atoms with Gasteiger partial charge in [-0.15, -0.1) is 11.3 Å². The molecule has 0 radical (unpaired) electrons. The van der Waals surface area contributed by atoms with Gasteiger partial charge in [-0.25, -0.2) is 0 Å². The number of carbonyl (C=O) groups is 3. The van der Waals surface area contributed by atoms with E-state index in [1.807, 2.05) is 12.1 Å². The molecule has 0 aliphatic heterocycles. The lowest BCUT2D eigenvalue weighted by molar-refractivity contribution is -0.163. The molecule has 1 atom stereocenters.